The molecule has 0 saturated carbocycles. The number of hydrogen-bond acceptors (Lipinski definition) is 9. The highest BCUT2D eigenvalue weighted by Gasteiger charge is 2.46. The first kappa shape index (κ1) is 23.6. The number of aliphatic hydroxyl groups is 2. The number of aliphatic hydroxyl groups excluding tert-OH is 2. The minimum Gasteiger partial charge on any atom is -0.461 e. The highest BCUT2D eigenvalue weighted by atomic mass is 16.7. The van der Waals surface area contributed by atoms with Crippen molar-refractivity contribution in [2.45, 2.75) is 62.6 Å². The van der Waals surface area contributed by atoms with Gasteiger partial charge in [0.05, 0.1) is 12.6 Å². The second kappa shape index (κ2) is 11.5. The Morgan fingerprint density at radius 2 is 1.90 bits per heavy atom. The summed E-state index contributed by atoms with van der Waals surface area (Å²) >= 11 is 0. The van der Waals surface area contributed by atoms with E-state index in [0.717, 1.165) is 5.56 Å². The van der Waals surface area contributed by atoms with Gasteiger partial charge in [-0.05, 0) is 18.4 Å². The van der Waals surface area contributed by atoms with Crippen LogP contribution in [0, 0.1) is 0 Å². The molecule has 10 nitrogen and oxygen atoms in total. The molecule has 6 atom stereocenters. The molecule has 1 aromatic rings. The van der Waals surface area contributed by atoms with Crippen LogP contribution in [0.4, 0.5) is 0 Å². The van der Waals surface area contributed by atoms with Crippen LogP contribution in [0.3, 0.4) is 0 Å². The lowest BCUT2D eigenvalue weighted by molar-refractivity contribution is -0.292. The molecule has 1 amide bonds. The van der Waals surface area contributed by atoms with Crippen molar-refractivity contribution in [3.8, 4) is 0 Å². The van der Waals surface area contributed by atoms with Gasteiger partial charge in [0.15, 0.2) is 6.29 Å². The molecule has 0 spiro atoms. The highest BCUT2D eigenvalue weighted by molar-refractivity contribution is 5.82. The maximum Gasteiger partial charge on any atom is 0.306 e. The Balaban J connectivity index is 1.41. The first-order valence-electron chi connectivity index (χ1n) is 10.4. The zero-order valence-electron chi connectivity index (χ0n) is 17.2. The molecule has 3 saturated heterocycles. The van der Waals surface area contributed by atoms with E-state index in [0.29, 0.717) is 19.6 Å². The van der Waals surface area contributed by atoms with Crippen LogP contribution in [0.2, 0.25) is 0 Å². The smallest absolute Gasteiger partial charge is 0.306 e. The number of nitrogens with two attached hydrogens (primary N) is 1. The maximum atomic E-state index is 12.3. The fourth-order valence-electron chi connectivity index (χ4n) is 3.44. The zero-order chi connectivity index (χ0) is 22.2. The first-order valence-corrected chi connectivity index (χ1v) is 10.4. The van der Waals surface area contributed by atoms with E-state index in [-0.39, 0.29) is 26.0 Å². The second-order valence-corrected chi connectivity index (χ2v) is 7.62. The predicted octanol–water partition coefficient (Wildman–Crippen LogP) is -0.794. The van der Waals surface area contributed by atoms with E-state index in [1.807, 2.05) is 30.3 Å². The van der Waals surface area contributed by atoms with Crippen LogP contribution in [0.15, 0.2) is 30.3 Å². The second-order valence-electron chi connectivity index (χ2n) is 7.62. The normalized spacial score (nSPS) is 29.3. The van der Waals surface area contributed by atoms with E-state index in [2.05, 4.69) is 5.32 Å². The quantitative estimate of drug-likeness (QED) is 0.383. The summed E-state index contributed by atoms with van der Waals surface area (Å²) < 4.78 is 21.9. The third kappa shape index (κ3) is 6.70. The van der Waals surface area contributed by atoms with Gasteiger partial charge in [0.25, 0.3) is 0 Å². The summed E-state index contributed by atoms with van der Waals surface area (Å²) in [6.07, 6.45) is -4.23. The van der Waals surface area contributed by atoms with Crippen molar-refractivity contribution < 1.29 is 38.7 Å². The molecule has 0 aromatic heterocycles. The fraction of sp³-hybridized carbons (Fsp3) is 0.619. The van der Waals surface area contributed by atoms with Crippen molar-refractivity contribution in [2.24, 2.45) is 5.73 Å². The zero-order valence-corrected chi connectivity index (χ0v) is 17.2. The topological polar surface area (TPSA) is 150 Å². The van der Waals surface area contributed by atoms with Crippen LogP contribution in [0.25, 0.3) is 0 Å². The molecule has 172 valence electrons. The highest BCUT2D eigenvalue weighted by Crippen LogP contribution is 2.26. The number of hydrogen-bond donors (Lipinski definition) is 4. The van der Waals surface area contributed by atoms with E-state index in [1.165, 1.54) is 0 Å². The molecule has 5 unspecified atom stereocenters. The maximum absolute atomic E-state index is 12.3. The summed E-state index contributed by atoms with van der Waals surface area (Å²) in [6, 6.07) is 8.37. The molecule has 3 aliphatic heterocycles. The molecule has 4 rings (SSSR count). The Labute approximate surface area is 180 Å². The van der Waals surface area contributed by atoms with E-state index >= 15 is 0 Å². The molecule has 5 N–H and O–H groups in total. The number of amides is 1. The molecule has 0 radical (unpaired) electrons. The average molecular weight is 438 g/mol. The molecule has 3 heterocycles. The standard InChI is InChI=1S/C21H30N2O8/c22-14(7-8-16(24)30-12-13-5-2-1-3-6-13)20(27)23-11-15-19-17(25)18(26)21(31-15)29-10-4-9-28-19/h1-3,5-6,14-15,17-19,21,25-26H,4,7-12,22H2,(H,23,27)/t14-,15?,17?,18?,19?,21?/m0/s1. The van der Waals surface area contributed by atoms with Gasteiger partial charge in [-0.1, -0.05) is 30.3 Å². The van der Waals surface area contributed by atoms with Crippen molar-refractivity contribution in [1.82, 2.24) is 5.32 Å². The lowest BCUT2D eigenvalue weighted by Gasteiger charge is -2.41. The number of nitrogens with one attached hydrogen (secondary N) is 1. The van der Waals surface area contributed by atoms with Gasteiger partial charge in [-0.15, -0.1) is 0 Å². The Hall–Kier alpha value is -2.08. The third-order valence-corrected chi connectivity index (χ3v) is 5.24. The van der Waals surface area contributed by atoms with Crippen molar-refractivity contribution in [3.63, 3.8) is 0 Å². The van der Waals surface area contributed by atoms with E-state index < -0.39 is 48.6 Å². The van der Waals surface area contributed by atoms with Crippen molar-refractivity contribution >= 4 is 11.9 Å². The van der Waals surface area contributed by atoms with Crippen LogP contribution in [0.5, 0.6) is 0 Å². The molecule has 31 heavy (non-hydrogen) atoms. The van der Waals surface area contributed by atoms with Crippen LogP contribution in [-0.4, -0.2) is 78.6 Å². The summed E-state index contributed by atoms with van der Waals surface area (Å²) in [7, 11) is 0. The van der Waals surface area contributed by atoms with Gasteiger partial charge in [-0.3, -0.25) is 9.59 Å². The van der Waals surface area contributed by atoms with E-state index in [4.69, 9.17) is 24.7 Å². The molecule has 3 aliphatic rings. The van der Waals surface area contributed by atoms with Crippen LogP contribution in [-0.2, 0) is 35.1 Å². The number of fused-ring (bicyclic) bond motifs is 6. The van der Waals surface area contributed by atoms with Crippen molar-refractivity contribution in [1.29, 1.82) is 0 Å². The van der Waals surface area contributed by atoms with Crippen LogP contribution < -0.4 is 11.1 Å². The largest absolute Gasteiger partial charge is 0.461 e. The van der Waals surface area contributed by atoms with Crippen LogP contribution >= 0.6 is 0 Å². The summed E-state index contributed by atoms with van der Waals surface area (Å²) in [4.78, 5) is 24.2. The molecule has 0 aliphatic carbocycles. The Bertz CT molecular complexity index is 717. The monoisotopic (exact) mass is 438 g/mol. The minimum atomic E-state index is -1.24. The first-order chi connectivity index (χ1) is 15.0. The van der Waals surface area contributed by atoms with Gasteiger partial charge >= 0.3 is 5.97 Å². The van der Waals surface area contributed by atoms with Gasteiger partial charge < -0.3 is 40.2 Å². The number of benzene rings is 1. The van der Waals surface area contributed by atoms with E-state index in [1.54, 1.807) is 0 Å². The molecule has 3 fully saturated rings. The molecule has 1 aromatic carbocycles. The van der Waals surface area contributed by atoms with Gasteiger partial charge in [0, 0.05) is 19.6 Å². The van der Waals surface area contributed by atoms with Crippen molar-refractivity contribution in [2.75, 3.05) is 19.8 Å². The lowest BCUT2D eigenvalue weighted by atomic mass is 9.98. The summed E-state index contributed by atoms with van der Waals surface area (Å²) in [5, 5.41) is 23.0. The Morgan fingerprint density at radius 1 is 1.16 bits per heavy atom. The number of carbonyl (C=O) groups excluding carboxylic acids is 2. The predicted molar refractivity (Wildman–Crippen MR) is 107 cm³/mol. The van der Waals surface area contributed by atoms with Crippen molar-refractivity contribution in [3.05, 3.63) is 35.9 Å². The number of rotatable bonds is 8. The Kier molecular flexibility index (Phi) is 8.76. The average Bonchev–Trinajstić information content (AvgIpc) is 2.92. The van der Waals surface area contributed by atoms with Gasteiger partial charge in [-0.2, -0.15) is 0 Å². The van der Waals surface area contributed by atoms with Gasteiger partial charge in [-0.25, -0.2) is 0 Å². The molecule has 10 heteroatoms. The van der Waals surface area contributed by atoms with E-state index in [9.17, 15) is 19.8 Å². The number of esters is 1. The fourth-order valence-corrected chi connectivity index (χ4v) is 3.44. The Morgan fingerprint density at radius 3 is 2.68 bits per heavy atom. The summed E-state index contributed by atoms with van der Waals surface area (Å²) in [5.41, 5.74) is 6.76. The number of ether oxygens (including phenoxy) is 4. The summed E-state index contributed by atoms with van der Waals surface area (Å²) in [6.45, 7) is 0.837. The third-order valence-electron chi connectivity index (χ3n) is 5.24. The molecular formula is C21H30N2O8. The lowest BCUT2D eigenvalue weighted by Crippen LogP contribution is -2.61. The van der Waals surface area contributed by atoms with Gasteiger partial charge in [0.2, 0.25) is 5.91 Å². The molecule has 2 bridgehead atoms. The minimum absolute atomic E-state index is 0.00784. The van der Waals surface area contributed by atoms with Gasteiger partial charge in [0.1, 0.15) is 31.0 Å². The molecular weight excluding hydrogens is 408 g/mol. The number of carbonyl (C=O) groups is 2. The SMILES string of the molecule is N[C@@H](CCC(=O)OCc1ccccc1)C(=O)NCC1OC2OCCCOC1C(O)C2O. The van der Waals surface area contributed by atoms with Crippen LogP contribution in [0.1, 0.15) is 24.8 Å². The summed E-state index contributed by atoms with van der Waals surface area (Å²) in [5.74, 6) is -0.905.